The molecule has 0 bridgehead atoms. The summed E-state index contributed by atoms with van der Waals surface area (Å²) in [5, 5.41) is 8.37. The van der Waals surface area contributed by atoms with Gasteiger partial charge in [-0.3, -0.25) is 9.59 Å². The van der Waals surface area contributed by atoms with Crippen LogP contribution in [0.1, 0.15) is 28.9 Å². The highest BCUT2D eigenvalue weighted by Crippen LogP contribution is 2.23. The zero-order valence-corrected chi connectivity index (χ0v) is 18.9. The van der Waals surface area contributed by atoms with E-state index in [1.54, 1.807) is 7.11 Å². The van der Waals surface area contributed by atoms with Gasteiger partial charge in [-0.1, -0.05) is 24.3 Å². The number of amides is 1. The first-order valence-electron chi connectivity index (χ1n) is 10.7. The number of aryl methyl sites for hydroxylation is 2. The molecule has 33 heavy (non-hydrogen) atoms. The number of hydrogen-bond donors (Lipinski definition) is 1. The quantitative estimate of drug-likeness (QED) is 0.418. The zero-order valence-electron chi connectivity index (χ0n) is 18.9. The smallest absolute Gasteiger partial charge is 0.306 e. The molecule has 2 aromatic carbocycles. The van der Waals surface area contributed by atoms with Crippen LogP contribution in [0.4, 0.5) is 0 Å². The van der Waals surface area contributed by atoms with Gasteiger partial charge in [0.05, 0.1) is 12.6 Å². The zero-order chi connectivity index (χ0) is 23.4. The summed E-state index contributed by atoms with van der Waals surface area (Å²) in [7, 11) is 1.60. The minimum absolute atomic E-state index is 0.154. The van der Waals surface area contributed by atoms with Crippen molar-refractivity contribution in [2.24, 2.45) is 0 Å². The number of carbonyl (C=O) groups excluding carboxylic acids is 2. The number of hydrogen-bond acceptors (Lipinski definition) is 6. The first-order valence-corrected chi connectivity index (χ1v) is 10.7. The summed E-state index contributed by atoms with van der Waals surface area (Å²) in [4.78, 5) is 29.0. The van der Waals surface area contributed by atoms with E-state index < -0.39 is 5.97 Å². The van der Waals surface area contributed by atoms with E-state index in [9.17, 15) is 9.59 Å². The monoisotopic (exact) mass is 446 g/mol. The van der Waals surface area contributed by atoms with Gasteiger partial charge in [0.1, 0.15) is 5.75 Å². The number of methoxy groups -OCH3 is 1. The Morgan fingerprint density at radius 2 is 1.82 bits per heavy atom. The molecule has 4 rings (SSSR count). The predicted molar refractivity (Wildman–Crippen MR) is 124 cm³/mol. The Kier molecular flexibility index (Phi) is 6.53. The van der Waals surface area contributed by atoms with E-state index >= 15 is 0 Å². The van der Waals surface area contributed by atoms with E-state index in [0.717, 1.165) is 44.8 Å². The number of nitrogens with one attached hydrogen (secondary N) is 1. The van der Waals surface area contributed by atoms with Crippen molar-refractivity contribution in [3.8, 4) is 5.75 Å². The van der Waals surface area contributed by atoms with Crippen molar-refractivity contribution in [1.82, 2.24) is 19.9 Å². The first-order chi connectivity index (χ1) is 16.0. The molecule has 0 saturated heterocycles. The molecule has 1 amide bonds. The molecule has 0 unspecified atom stereocenters. The number of benzene rings is 2. The maximum Gasteiger partial charge on any atom is 0.306 e. The average molecular weight is 447 g/mol. The third-order valence-electron chi connectivity index (χ3n) is 5.61. The molecule has 0 aliphatic heterocycles. The summed E-state index contributed by atoms with van der Waals surface area (Å²) in [6, 6.07) is 15.2. The van der Waals surface area contributed by atoms with Gasteiger partial charge < -0.3 is 14.8 Å². The van der Waals surface area contributed by atoms with Crippen LogP contribution >= 0.6 is 0 Å². The second-order valence-corrected chi connectivity index (χ2v) is 7.80. The molecule has 0 aliphatic rings. The second kappa shape index (κ2) is 9.68. The molecular formula is C25H26N4O4. The van der Waals surface area contributed by atoms with Crippen LogP contribution < -0.4 is 10.1 Å². The number of ether oxygens (including phenoxy) is 2. The van der Waals surface area contributed by atoms with Gasteiger partial charge in [0.25, 0.3) is 5.91 Å². The summed E-state index contributed by atoms with van der Waals surface area (Å²) < 4.78 is 12.1. The second-order valence-electron chi connectivity index (χ2n) is 7.80. The molecule has 0 fully saturated rings. The third kappa shape index (κ3) is 4.95. The van der Waals surface area contributed by atoms with Gasteiger partial charge in [-0.05, 0) is 55.7 Å². The summed E-state index contributed by atoms with van der Waals surface area (Å²) in [6.07, 6.45) is 0.616. The van der Waals surface area contributed by atoms with Crippen LogP contribution in [-0.2, 0) is 27.3 Å². The van der Waals surface area contributed by atoms with E-state index in [0.29, 0.717) is 13.0 Å². The fourth-order valence-electron chi connectivity index (χ4n) is 3.78. The average Bonchev–Trinajstić information content (AvgIpc) is 3.20. The summed E-state index contributed by atoms with van der Waals surface area (Å²) in [5.41, 5.74) is 5.37. The fraction of sp³-hybridized carbons (Fsp3) is 0.280. The van der Waals surface area contributed by atoms with Gasteiger partial charge in [0, 0.05) is 29.7 Å². The lowest BCUT2D eigenvalue weighted by atomic mass is 10.1. The molecule has 0 radical (unpaired) electrons. The molecular weight excluding hydrogens is 420 g/mol. The molecule has 4 aromatic rings. The Morgan fingerprint density at radius 1 is 1.06 bits per heavy atom. The van der Waals surface area contributed by atoms with Gasteiger partial charge in [-0.15, -0.1) is 0 Å². The molecule has 0 spiro atoms. The van der Waals surface area contributed by atoms with Gasteiger partial charge in [-0.25, -0.2) is 9.50 Å². The molecule has 170 valence electrons. The summed E-state index contributed by atoms with van der Waals surface area (Å²) in [6.45, 7) is 3.94. The van der Waals surface area contributed by atoms with Crippen molar-refractivity contribution < 1.29 is 19.1 Å². The molecule has 8 nitrogen and oxygen atoms in total. The van der Waals surface area contributed by atoms with Crippen LogP contribution in [0.2, 0.25) is 0 Å². The number of esters is 1. The van der Waals surface area contributed by atoms with Gasteiger partial charge in [0.2, 0.25) is 0 Å². The lowest BCUT2D eigenvalue weighted by Crippen LogP contribution is -2.28. The Balaban J connectivity index is 1.31. The van der Waals surface area contributed by atoms with Crippen LogP contribution in [0, 0.1) is 13.8 Å². The highest BCUT2D eigenvalue weighted by molar-refractivity contribution is 5.92. The van der Waals surface area contributed by atoms with Crippen LogP contribution in [0.3, 0.4) is 0 Å². The summed E-state index contributed by atoms with van der Waals surface area (Å²) >= 11 is 0. The number of rotatable bonds is 8. The number of aromatic nitrogens is 3. The molecule has 0 aliphatic carbocycles. The number of nitrogens with zero attached hydrogens (tertiary/aromatic N) is 3. The fourth-order valence-corrected chi connectivity index (χ4v) is 3.78. The minimum atomic E-state index is -0.431. The number of carbonyl (C=O) groups is 2. The minimum Gasteiger partial charge on any atom is -0.497 e. The lowest BCUT2D eigenvalue weighted by Gasteiger charge is -2.11. The van der Waals surface area contributed by atoms with Crippen molar-refractivity contribution in [1.29, 1.82) is 0 Å². The Morgan fingerprint density at radius 3 is 2.58 bits per heavy atom. The summed E-state index contributed by atoms with van der Waals surface area (Å²) in [5.74, 6) is -0.0309. The van der Waals surface area contributed by atoms with Crippen molar-refractivity contribution >= 4 is 28.4 Å². The Bertz CT molecular complexity index is 1310. The first kappa shape index (κ1) is 22.3. The molecule has 0 atom stereocenters. The van der Waals surface area contributed by atoms with E-state index in [2.05, 4.69) is 10.4 Å². The van der Waals surface area contributed by atoms with Gasteiger partial charge >= 0.3 is 5.97 Å². The van der Waals surface area contributed by atoms with Crippen molar-refractivity contribution in [2.45, 2.75) is 33.2 Å². The highest BCUT2D eigenvalue weighted by Gasteiger charge is 2.16. The van der Waals surface area contributed by atoms with Crippen molar-refractivity contribution in [2.75, 3.05) is 13.7 Å². The third-order valence-corrected chi connectivity index (χ3v) is 5.61. The van der Waals surface area contributed by atoms with Gasteiger partial charge in [0.15, 0.2) is 12.3 Å². The van der Waals surface area contributed by atoms with E-state index in [-0.39, 0.29) is 18.9 Å². The Hall–Kier alpha value is -3.94. The maximum absolute atomic E-state index is 12.2. The van der Waals surface area contributed by atoms with Crippen molar-refractivity contribution in [3.05, 3.63) is 71.0 Å². The number of fused-ring (bicyclic) bond motifs is 3. The van der Waals surface area contributed by atoms with E-state index in [1.165, 1.54) is 0 Å². The molecule has 0 saturated carbocycles. The largest absolute Gasteiger partial charge is 0.497 e. The predicted octanol–water partition coefficient (Wildman–Crippen LogP) is 3.30. The molecule has 1 N–H and O–H groups in total. The normalized spacial score (nSPS) is 11.0. The highest BCUT2D eigenvalue weighted by atomic mass is 16.5. The maximum atomic E-state index is 12.2. The SMILES string of the molecule is COc1ccc(CNC(=O)COC(=O)CCc2c(C)nc3c4ccccc4nn3c2C)cc1. The van der Waals surface area contributed by atoms with E-state index in [4.69, 9.17) is 14.5 Å². The Labute approximate surface area is 191 Å². The van der Waals surface area contributed by atoms with Crippen LogP contribution in [0.25, 0.3) is 16.6 Å². The lowest BCUT2D eigenvalue weighted by molar-refractivity contribution is -0.148. The van der Waals surface area contributed by atoms with Crippen molar-refractivity contribution in [3.63, 3.8) is 0 Å². The molecule has 2 aromatic heterocycles. The van der Waals surface area contributed by atoms with Crippen LogP contribution in [0.5, 0.6) is 5.75 Å². The topological polar surface area (TPSA) is 94.8 Å². The molecule has 8 heteroatoms. The van der Waals surface area contributed by atoms with E-state index in [1.807, 2.05) is 66.9 Å². The van der Waals surface area contributed by atoms with Crippen LogP contribution in [0.15, 0.2) is 48.5 Å². The standard InChI is InChI=1S/C25H26N4O4/c1-16-20(17(2)29-25(27-16)21-6-4-5-7-22(21)28-29)12-13-24(31)33-15-23(30)26-14-18-8-10-19(32-3)11-9-18/h4-11H,12-15H2,1-3H3,(H,26,30). The van der Waals surface area contributed by atoms with Crippen LogP contribution in [-0.4, -0.2) is 40.2 Å². The van der Waals surface area contributed by atoms with Gasteiger partial charge in [-0.2, -0.15) is 5.10 Å². The molecule has 2 heterocycles.